The molecule has 0 aliphatic carbocycles. The molecule has 3 rings (SSSR count). The number of benzene rings is 1. The molecule has 111 valence electrons. The normalized spacial score (nSPS) is 25.7. The van der Waals surface area contributed by atoms with Crippen LogP contribution in [0, 0.1) is 0 Å². The van der Waals surface area contributed by atoms with Crippen LogP contribution in [-0.2, 0) is 5.21 Å². The number of halogens is 1. The van der Waals surface area contributed by atoms with Crippen molar-refractivity contribution in [1.82, 2.24) is 10.1 Å². The summed E-state index contributed by atoms with van der Waals surface area (Å²) >= 11 is 6.08. The third-order valence-electron chi connectivity index (χ3n) is 4.54. The molecule has 0 amide bonds. The highest BCUT2D eigenvalue weighted by Gasteiger charge is 2.57. The molecule has 1 saturated heterocycles. The summed E-state index contributed by atoms with van der Waals surface area (Å²) in [7, 11) is 0. The van der Waals surface area contributed by atoms with Gasteiger partial charge in [0.15, 0.2) is 5.82 Å². The van der Waals surface area contributed by atoms with Gasteiger partial charge >= 0.3 is 0 Å². The number of para-hydroxylation sites is 1. The van der Waals surface area contributed by atoms with Gasteiger partial charge in [-0.25, -0.2) is 15.0 Å². The largest absolute Gasteiger partial charge is 0.286 e. The first kappa shape index (κ1) is 14.3. The fraction of sp³-hybridized carbons (Fsp3) is 0.429. The van der Waals surface area contributed by atoms with Crippen LogP contribution >= 0.6 is 11.6 Å². The van der Waals surface area contributed by atoms with Gasteiger partial charge < -0.3 is 0 Å². The van der Waals surface area contributed by atoms with E-state index >= 15 is 0 Å². The van der Waals surface area contributed by atoms with Gasteiger partial charge in [0.2, 0.25) is 5.82 Å². The van der Waals surface area contributed by atoms with Crippen molar-refractivity contribution in [3.05, 3.63) is 45.6 Å². The van der Waals surface area contributed by atoms with Crippen LogP contribution in [0.3, 0.4) is 0 Å². The minimum atomic E-state index is -0.826. The molecule has 1 N–H and O–H groups in total. The van der Waals surface area contributed by atoms with Crippen LogP contribution < -0.4 is 10.7 Å². The highest BCUT2D eigenvalue weighted by molar-refractivity contribution is 6.30. The summed E-state index contributed by atoms with van der Waals surface area (Å²) in [4.78, 5) is 8.61. The molecule has 21 heavy (non-hydrogen) atoms. The van der Waals surface area contributed by atoms with Gasteiger partial charge in [-0.3, -0.25) is 5.21 Å². The molecule has 0 bridgehead atoms. The van der Waals surface area contributed by atoms with Crippen LogP contribution in [0.4, 0.5) is 0 Å². The van der Waals surface area contributed by atoms with Gasteiger partial charge in [-0.1, -0.05) is 22.9 Å². The smallest absolute Gasteiger partial charge is 0.202 e. The fourth-order valence-electron chi connectivity index (χ4n) is 2.36. The Morgan fingerprint density at radius 1 is 1.14 bits per heavy atom. The molecular formula is C14H16ClN4O2. The lowest BCUT2D eigenvalue weighted by atomic mass is 9.84. The lowest BCUT2D eigenvalue weighted by Crippen LogP contribution is -2.52. The predicted octanol–water partition coefficient (Wildman–Crippen LogP) is 1.63. The number of nitrogens with zero attached hydrogens (tertiary/aromatic N) is 4. The standard InChI is InChI=1S/C14H16ClN4O2/c1-13(2)14(3,4)19(21)12(18(13)20)11-16-9-7-5-6-8(15)10(9)17-11/h5-7,20H,1-4H3/b12-11-. The van der Waals surface area contributed by atoms with Crippen LogP contribution in [0.5, 0.6) is 0 Å². The second-order valence-corrected chi connectivity index (χ2v) is 6.61. The molecule has 0 spiro atoms. The van der Waals surface area contributed by atoms with Crippen LogP contribution in [0.2, 0.25) is 5.02 Å². The lowest BCUT2D eigenvalue weighted by Gasteiger charge is -2.36. The first-order valence-electron chi connectivity index (χ1n) is 6.60. The van der Waals surface area contributed by atoms with Crippen LogP contribution in [0.25, 0.3) is 0 Å². The highest BCUT2D eigenvalue weighted by Crippen LogP contribution is 2.44. The van der Waals surface area contributed by atoms with Crippen molar-refractivity contribution in [2.24, 2.45) is 9.98 Å². The molecule has 2 aliphatic rings. The maximum atomic E-state index is 12.6. The van der Waals surface area contributed by atoms with Crippen LogP contribution in [0.1, 0.15) is 27.7 Å². The molecule has 6 nitrogen and oxygen atoms in total. The van der Waals surface area contributed by atoms with Gasteiger partial charge in [-0.15, -0.1) is 0 Å². The Morgan fingerprint density at radius 2 is 1.81 bits per heavy atom. The van der Waals surface area contributed by atoms with Gasteiger partial charge in [0.25, 0.3) is 0 Å². The highest BCUT2D eigenvalue weighted by atomic mass is 35.5. The molecule has 7 heteroatoms. The molecular weight excluding hydrogens is 292 g/mol. The van der Waals surface area contributed by atoms with Crippen LogP contribution in [-0.4, -0.2) is 26.4 Å². The van der Waals surface area contributed by atoms with Gasteiger partial charge in [0.05, 0.1) is 21.5 Å². The Bertz CT molecular complexity index is 748. The maximum absolute atomic E-state index is 12.6. The predicted molar refractivity (Wildman–Crippen MR) is 75.1 cm³/mol. The van der Waals surface area contributed by atoms with Gasteiger partial charge in [-0.2, -0.15) is 5.06 Å². The van der Waals surface area contributed by atoms with E-state index in [0.717, 1.165) is 10.1 Å². The second kappa shape index (κ2) is 4.19. The molecule has 2 heterocycles. The first-order valence-corrected chi connectivity index (χ1v) is 6.98. The molecule has 1 aromatic carbocycles. The lowest BCUT2D eigenvalue weighted by molar-refractivity contribution is -0.182. The van der Waals surface area contributed by atoms with E-state index in [4.69, 9.17) is 11.6 Å². The number of rotatable bonds is 0. The monoisotopic (exact) mass is 307 g/mol. The Kier molecular flexibility index (Phi) is 2.86. The summed E-state index contributed by atoms with van der Waals surface area (Å²) in [5.41, 5.74) is -1.60. The summed E-state index contributed by atoms with van der Waals surface area (Å²) in [5, 5.41) is 26.3. The minimum absolute atomic E-state index is 0.0391. The average Bonchev–Trinajstić information content (AvgIpc) is 2.87. The maximum Gasteiger partial charge on any atom is 0.202 e. The van der Waals surface area contributed by atoms with Crippen molar-refractivity contribution >= 4 is 11.6 Å². The minimum Gasteiger partial charge on any atom is -0.286 e. The van der Waals surface area contributed by atoms with Gasteiger partial charge in [0.1, 0.15) is 5.36 Å². The summed E-state index contributed by atoms with van der Waals surface area (Å²) in [6, 6.07) is 5.24. The van der Waals surface area contributed by atoms with Gasteiger partial charge in [0, 0.05) is 0 Å². The van der Waals surface area contributed by atoms with Crippen molar-refractivity contribution in [3.8, 4) is 0 Å². The van der Waals surface area contributed by atoms with Crippen molar-refractivity contribution in [2.45, 2.75) is 38.8 Å². The summed E-state index contributed by atoms with van der Waals surface area (Å²) in [5.74, 6) is 0.214. The number of fused-ring (bicyclic) bond motifs is 1. The van der Waals surface area contributed by atoms with E-state index in [1.807, 2.05) is 0 Å². The zero-order chi connectivity index (χ0) is 15.6. The quantitative estimate of drug-likeness (QED) is 0.792. The second-order valence-electron chi connectivity index (χ2n) is 6.20. The summed E-state index contributed by atoms with van der Waals surface area (Å²) in [6.45, 7) is 7.12. The van der Waals surface area contributed by atoms with Crippen molar-refractivity contribution < 1.29 is 10.4 Å². The van der Waals surface area contributed by atoms with E-state index in [2.05, 4.69) is 9.98 Å². The molecule has 0 saturated carbocycles. The first-order chi connectivity index (χ1) is 9.68. The Labute approximate surface area is 127 Å². The topological polar surface area (TPSA) is 71.3 Å². The molecule has 1 radical (unpaired) electrons. The van der Waals surface area contributed by atoms with E-state index in [0.29, 0.717) is 15.7 Å². The zero-order valence-corrected chi connectivity index (χ0v) is 13.0. The third-order valence-corrected chi connectivity index (χ3v) is 4.84. The summed E-state index contributed by atoms with van der Waals surface area (Å²) < 4.78 is 0. The fourth-order valence-corrected chi connectivity index (χ4v) is 2.57. The summed E-state index contributed by atoms with van der Waals surface area (Å²) in [6.07, 6.45) is 0. The zero-order valence-electron chi connectivity index (χ0n) is 12.3. The Balaban J connectivity index is 2.25. The number of hydrogen-bond acceptors (Lipinski definition) is 5. The molecule has 0 unspecified atom stereocenters. The van der Waals surface area contributed by atoms with Crippen molar-refractivity contribution in [2.75, 3.05) is 0 Å². The van der Waals surface area contributed by atoms with Crippen molar-refractivity contribution in [1.29, 1.82) is 0 Å². The van der Waals surface area contributed by atoms with Crippen LogP contribution in [0.15, 0.2) is 39.8 Å². The third kappa shape index (κ3) is 1.73. The SMILES string of the molecule is CC1(C)N([O])/C(=C2/N=c3cccc(Cl)c3=N2)N(O)C1(C)C. The van der Waals surface area contributed by atoms with E-state index < -0.39 is 11.1 Å². The van der Waals surface area contributed by atoms with E-state index in [9.17, 15) is 10.4 Å². The Hall–Kier alpha value is -1.63. The average molecular weight is 308 g/mol. The van der Waals surface area contributed by atoms with Gasteiger partial charge in [-0.05, 0) is 39.8 Å². The molecule has 0 aromatic heterocycles. The molecule has 2 aliphatic heterocycles. The number of hydrogen-bond donors (Lipinski definition) is 1. The number of hydroxylamine groups is 4. The Morgan fingerprint density at radius 3 is 2.33 bits per heavy atom. The molecule has 1 fully saturated rings. The molecule has 1 aromatic rings. The van der Waals surface area contributed by atoms with Crippen molar-refractivity contribution in [3.63, 3.8) is 0 Å². The molecule has 0 atom stereocenters. The van der Waals surface area contributed by atoms with E-state index in [-0.39, 0.29) is 11.6 Å². The van der Waals surface area contributed by atoms with E-state index in [1.165, 1.54) is 0 Å². The van der Waals surface area contributed by atoms with E-state index in [1.54, 1.807) is 45.9 Å².